The lowest BCUT2D eigenvalue weighted by Crippen LogP contribution is -2.19. The Labute approximate surface area is 133 Å². The zero-order chi connectivity index (χ0) is 15.8. The number of ketones is 1. The van der Waals surface area contributed by atoms with E-state index in [1.807, 2.05) is 41.1 Å². The molecule has 0 spiro atoms. The van der Waals surface area contributed by atoms with Crippen molar-refractivity contribution >= 4 is 5.78 Å². The summed E-state index contributed by atoms with van der Waals surface area (Å²) in [5.41, 5.74) is 2.57. The fourth-order valence-corrected chi connectivity index (χ4v) is 3.11. The number of rotatable bonds is 3. The van der Waals surface area contributed by atoms with E-state index in [1.54, 1.807) is 19.6 Å². The Balaban J connectivity index is 1.73. The molecular weight excluding hydrogens is 292 g/mol. The summed E-state index contributed by atoms with van der Waals surface area (Å²) in [6.07, 6.45) is 4.52. The predicted molar refractivity (Wildman–Crippen MR) is 84.2 cm³/mol. The van der Waals surface area contributed by atoms with Crippen molar-refractivity contribution in [3.63, 3.8) is 0 Å². The highest BCUT2D eigenvalue weighted by molar-refractivity contribution is 5.98. The molecule has 116 valence electrons. The number of carbonyl (C=O) groups excluding carboxylic acids is 1. The maximum Gasteiger partial charge on any atom is 0.167 e. The van der Waals surface area contributed by atoms with Gasteiger partial charge in [0.15, 0.2) is 5.78 Å². The van der Waals surface area contributed by atoms with Crippen molar-refractivity contribution in [2.24, 2.45) is 0 Å². The summed E-state index contributed by atoms with van der Waals surface area (Å²) in [5.74, 6) is 1.83. The van der Waals surface area contributed by atoms with Gasteiger partial charge in [-0.3, -0.25) is 4.79 Å². The molecule has 0 radical (unpaired) electrons. The maximum atomic E-state index is 12.4. The van der Waals surface area contributed by atoms with Crippen molar-refractivity contribution < 1.29 is 13.9 Å². The van der Waals surface area contributed by atoms with Gasteiger partial charge < -0.3 is 9.15 Å². The highest BCUT2D eigenvalue weighted by atomic mass is 16.5. The first-order chi connectivity index (χ1) is 11.3. The van der Waals surface area contributed by atoms with Crippen LogP contribution in [0.15, 0.2) is 53.3 Å². The minimum absolute atomic E-state index is 0.0682. The molecule has 1 unspecified atom stereocenters. The highest BCUT2D eigenvalue weighted by Gasteiger charge is 2.31. The summed E-state index contributed by atoms with van der Waals surface area (Å²) in [6, 6.07) is 11.4. The van der Waals surface area contributed by atoms with Crippen molar-refractivity contribution in [1.29, 1.82) is 0 Å². The van der Waals surface area contributed by atoms with Crippen LogP contribution in [0.4, 0.5) is 0 Å². The van der Waals surface area contributed by atoms with E-state index in [2.05, 4.69) is 5.10 Å². The van der Waals surface area contributed by atoms with Crippen LogP contribution in [0.2, 0.25) is 0 Å². The van der Waals surface area contributed by atoms with Gasteiger partial charge in [-0.2, -0.15) is 5.10 Å². The van der Waals surface area contributed by atoms with Gasteiger partial charge in [0.1, 0.15) is 11.5 Å². The first kappa shape index (κ1) is 13.8. The van der Waals surface area contributed by atoms with E-state index in [0.717, 1.165) is 29.3 Å². The molecule has 0 aliphatic heterocycles. The summed E-state index contributed by atoms with van der Waals surface area (Å²) in [6.45, 7) is 0. The molecular formula is C18H16N2O3. The molecule has 1 atom stereocenters. The second-order valence-electron chi connectivity index (χ2n) is 5.66. The largest absolute Gasteiger partial charge is 0.497 e. The quantitative estimate of drug-likeness (QED) is 0.744. The van der Waals surface area contributed by atoms with E-state index in [-0.39, 0.29) is 11.7 Å². The predicted octanol–water partition coefficient (Wildman–Crippen LogP) is 3.39. The molecule has 0 bridgehead atoms. The van der Waals surface area contributed by atoms with Gasteiger partial charge in [0, 0.05) is 18.8 Å². The Kier molecular flexibility index (Phi) is 3.26. The fraction of sp³-hybridized carbons (Fsp3) is 0.222. The minimum Gasteiger partial charge on any atom is -0.497 e. The first-order valence-corrected chi connectivity index (χ1v) is 7.54. The van der Waals surface area contributed by atoms with E-state index in [0.29, 0.717) is 12.0 Å². The minimum atomic E-state index is 0.0682. The summed E-state index contributed by atoms with van der Waals surface area (Å²) in [7, 11) is 1.64. The van der Waals surface area contributed by atoms with Crippen molar-refractivity contribution in [1.82, 2.24) is 9.78 Å². The Bertz CT molecular complexity index is 832. The Morgan fingerprint density at radius 1 is 1.22 bits per heavy atom. The molecule has 5 nitrogen and oxygen atoms in total. The molecule has 2 aromatic heterocycles. The smallest absolute Gasteiger partial charge is 0.167 e. The Morgan fingerprint density at radius 3 is 2.74 bits per heavy atom. The van der Waals surface area contributed by atoms with Crippen molar-refractivity contribution in [2.75, 3.05) is 7.11 Å². The average Bonchev–Trinajstić information content (AvgIpc) is 3.24. The van der Waals surface area contributed by atoms with Crippen molar-refractivity contribution in [2.45, 2.75) is 18.8 Å². The third kappa shape index (κ3) is 2.34. The number of nitrogens with zero attached hydrogens (tertiary/aromatic N) is 2. The first-order valence-electron chi connectivity index (χ1n) is 7.54. The monoisotopic (exact) mass is 308 g/mol. The van der Waals surface area contributed by atoms with Crippen LogP contribution in [0.5, 0.6) is 5.75 Å². The molecule has 5 heteroatoms. The van der Waals surface area contributed by atoms with Crippen LogP contribution < -0.4 is 4.74 Å². The average molecular weight is 308 g/mol. The fourth-order valence-electron chi connectivity index (χ4n) is 3.11. The number of aromatic nitrogens is 2. The molecule has 0 amide bonds. The van der Waals surface area contributed by atoms with E-state index >= 15 is 0 Å². The number of Topliss-reactive ketones (excluding diaryl/α,β-unsaturated/α-hetero) is 1. The summed E-state index contributed by atoms with van der Waals surface area (Å²) < 4.78 is 12.5. The van der Waals surface area contributed by atoms with Crippen LogP contribution in [0.1, 0.15) is 34.2 Å². The third-order valence-electron chi connectivity index (χ3n) is 4.30. The normalized spacial score (nSPS) is 17.1. The molecule has 1 aliphatic rings. The van der Waals surface area contributed by atoms with Crippen LogP contribution in [0.25, 0.3) is 5.69 Å². The van der Waals surface area contributed by atoms with E-state index in [9.17, 15) is 4.79 Å². The van der Waals surface area contributed by atoms with Gasteiger partial charge in [-0.25, -0.2) is 4.68 Å². The number of hydrogen-bond acceptors (Lipinski definition) is 4. The van der Waals surface area contributed by atoms with Crippen LogP contribution >= 0.6 is 0 Å². The van der Waals surface area contributed by atoms with E-state index < -0.39 is 0 Å². The summed E-state index contributed by atoms with van der Waals surface area (Å²) in [4.78, 5) is 12.4. The SMILES string of the molecule is COc1ccc(-n2ncc3c2CC(c2ccco2)CC3=O)cc1. The maximum absolute atomic E-state index is 12.4. The second-order valence-corrected chi connectivity index (χ2v) is 5.66. The van der Waals surface area contributed by atoms with Gasteiger partial charge in [-0.15, -0.1) is 0 Å². The number of furan rings is 1. The lowest BCUT2D eigenvalue weighted by atomic mass is 9.85. The summed E-state index contributed by atoms with van der Waals surface area (Å²) in [5, 5.41) is 4.41. The Morgan fingerprint density at radius 2 is 2.04 bits per heavy atom. The van der Waals surface area contributed by atoms with Gasteiger partial charge >= 0.3 is 0 Å². The van der Waals surface area contributed by atoms with Gasteiger partial charge in [0.25, 0.3) is 0 Å². The third-order valence-corrected chi connectivity index (χ3v) is 4.30. The van der Waals surface area contributed by atoms with Crippen LogP contribution in [0.3, 0.4) is 0 Å². The topological polar surface area (TPSA) is 57.3 Å². The molecule has 0 saturated carbocycles. The zero-order valence-electron chi connectivity index (χ0n) is 12.7. The number of methoxy groups -OCH3 is 1. The molecule has 0 saturated heterocycles. The molecule has 2 heterocycles. The van der Waals surface area contributed by atoms with Gasteiger partial charge in [-0.1, -0.05) is 0 Å². The molecule has 4 rings (SSSR count). The standard InChI is InChI=1S/C18H16N2O3/c1-22-14-6-4-13(5-7-14)20-16-9-12(18-3-2-8-23-18)10-17(21)15(16)11-19-20/h2-8,11-12H,9-10H2,1H3. The lowest BCUT2D eigenvalue weighted by molar-refractivity contribution is 0.0959. The van der Waals surface area contributed by atoms with Crippen LogP contribution in [-0.2, 0) is 6.42 Å². The van der Waals surface area contributed by atoms with Gasteiger partial charge in [-0.05, 0) is 36.4 Å². The second kappa shape index (κ2) is 5.43. The molecule has 3 aromatic rings. The molecule has 23 heavy (non-hydrogen) atoms. The lowest BCUT2D eigenvalue weighted by Gasteiger charge is -2.20. The van der Waals surface area contributed by atoms with E-state index in [1.165, 1.54) is 0 Å². The summed E-state index contributed by atoms with van der Waals surface area (Å²) >= 11 is 0. The Hall–Kier alpha value is -2.82. The van der Waals surface area contributed by atoms with Crippen molar-refractivity contribution in [3.05, 3.63) is 65.9 Å². The number of carbonyl (C=O) groups is 1. The molecule has 1 aliphatic carbocycles. The molecule has 0 N–H and O–H groups in total. The van der Waals surface area contributed by atoms with Gasteiger partial charge in [0.05, 0.1) is 36.5 Å². The number of fused-ring (bicyclic) bond motifs is 1. The molecule has 1 aromatic carbocycles. The van der Waals surface area contributed by atoms with Crippen LogP contribution in [-0.4, -0.2) is 22.7 Å². The van der Waals surface area contributed by atoms with E-state index in [4.69, 9.17) is 9.15 Å². The number of ether oxygens (including phenoxy) is 1. The molecule has 0 fully saturated rings. The highest BCUT2D eigenvalue weighted by Crippen LogP contribution is 2.34. The van der Waals surface area contributed by atoms with Crippen molar-refractivity contribution in [3.8, 4) is 11.4 Å². The number of benzene rings is 1. The van der Waals surface area contributed by atoms with Crippen LogP contribution in [0, 0.1) is 0 Å². The van der Waals surface area contributed by atoms with Gasteiger partial charge in [0.2, 0.25) is 0 Å². The zero-order valence-corrected chi connectivity index (χ0v) is 12.7. The number of hydrogen-bond donors (Lipinski definition) is 0.